The molecule has 1 saturated heterocycles. The summed E-state index contributed by atoms with van der Waals surface area (Å²) in [5.74, 6) is -2.41. The Morgan fingerprint density at radius 3 is 2.47 bits per heavy atom. The van der Waals surface area contributed by atoms with E-state index in [0.29, 0.717) is 15.7 Å². The van der Waals surface area contributed by atoms with Crippen LogP contribution in [0.3, 0.4) is 0 Å². The first-order chi connectivity index (χ1) is 15.1. The summed E-state index contributed by atoms with van der Waals surface area (Å²) in [5.41, 5.74) is 2.34. The Kier molecular flexibility index (Phi) is 6.64. The normalized spacial score (nSPS) is 15.1. The molecule has 0 bridgehead atoms. The van der Waals surface area contributed by atoms with Gasteiger partial charge in [-0.2, -0.15) is 0 Å². The van der Waals surface area contributed by atoms with Gasteiger partial charge in [0, 0.05) is 4.47 Å². The summed E-state index contributed by atoms with van der Waals surface area (Å²) in [5, 5.41) is 11.0. The van der Waals surface area contributed by atoms with Gasteiger partial charge >= 0.3 is 12.0 Å². The van der Waals surface area contributed by atoms with Crippen LogP contribution in [0.1, 0.15) is 16.7 Å². The molecule has 1 heterocycles. The second-order valence-electron chi connectivity index (χ2n) is 6.93. The lowest BCUT2D eigenvalue weighted by Gasteiger charge is -2.27. The number of halogens is 1. The fourth-order valence-corrected chi connectivity index (χ4v) is 3.42. The van der Waals surface area contributed by atoms with Crippen LogP contribution in [-0.4, -0.2) is 42.6 Å². The van der Waals surface area contributed by atoms with Crippen molar-refractivity contribution >= 4 is 51.5 Å². The number of hydrogen-bond acceptors (Lipinski definition) is 6. The van der Waals surface area contributed by atoms with Crippen molar-refractivity contribution in [1.82, 2.24) is 5.32 Å². The topological polar surface area (TPSA) is 122 Å². The third-order valence-corrected chi connectivity index (χ3v) is 5.47. The van der Waals surface area contributed by atoms with Crippen molar-refractivity contribution < 1.29 is 33.8 Å². The minimum absolute atomic E-state index is 0.162. The number of imide groups is 2. The molecule has 2 aromatic carbocycles. The molecule has 1 aliphatic rings. The molecule has 1 aliphatic heterocycles. The number of nitrogens with one attached hydrogen (secondary N) is 1. The van der Waals surface area contributed by atoms with Crippen molar-refractivity contribution in [1.29, 1.82) is 0 Å². The fourth-order valence-electron chi connectivity index (χ4n) is 2.99. The molecule has 0 aromatic heterocycles. The zero-order chi connectivity index (χ0) is 23.6. The highest BCUT2D eigenvalue weighted by Gasteiger charge is 2.37. The summed E-state index contributed by atoms with van der Waals surface area (Å²) < 4.78 is 10.8. The van der Waals surface area contributed by atoms with Gasteiger partial charge in [0.1, 0.15) is 5.57 Å². The first kappa shape index (κ1) is 23.0. The number of aliphatic carboxylic acids is 1. The molecule has 0 aliphatic carbocycles. The second kappa shape index (κ2) is 9.23. The van der Waals surface area contributed by atoms with Crippen LogP contribution in [0.15, 0.2) is 40.4 Å². The molecule has 2 aromatic rings. The number of carboxylic acids is 1. The van der Waals surface area contributed by atoms with Gasteiger partial charge in [-0.05, 0) is 60.9 Å². The van der Waals surface area contributed by atoms with E-state index >= 15 is 0 Å². The van der Waals surface area contributed by atoms with Gasteiger partial charge in [-0.3, -0.25) is 14.9 Å². The number of barbiturate groups is 1. The van der Waals surface area contributed by atoms with Crippen molar-refractivity contribution in [2.24, 2.45) is 0 Å². The van der Waals surface area contributed by atoms with Crippen molar-refractivity contribution in [3.63, 3.8) is 0 Å². The number of carbonyl (C=O) groups is 4. The predicted molar refractivity (Wildman–Crippen MR) is 119 cm³/mol. The van der Waals surface area contributed by atoms with Gasteiger partial charge in [0.2, 0.25) is 0 Å². The van der Waals surface area contributed by atoms with Gasteiger partial charge in [0.25, 0.3) is 11.8 Å². The smallest absolute Gasteiger partial charge is 0.341 e. The average molecular weight is 503 g/mol. The Balaban J connectivity index is 2.01. The SMILES string of the molecule is COc1cc(/C=C2\C(=O)NC(=O)N(c3ccc(C)c(C)c3)C2=O)c(Br)cc1OCC(=O)O. The molecule has 0 spiro atoms. The molecular formula is C22H19BrN2O7. The molecule has 10 heteroatoms. The number of amides is 4. The Labute approximate surface area is 191 Å². The Morgan fingerprint density at radius 1 is 1.12 bits per heavy atom. The average Bonchev–Trinajstić information content (AvgIpc) is 2.72. The van der Waals surface area contributed by atoms with E-state index in [1.807, 2.05) is 13.8 Å². The molecule has 4 amide bonds. The highest BCUT2D eigenvalue weighted by Crippen LogP contribution is 2.35. The van der Waals surface area contributed by atoms with Gasteiger partial charge in [-0.25, -0.2) is 14.5 Å². The van der Waals surface area contributed by atoms with Gasteiger partial charge in [0.05, 0.1) is 12.8 Å². The lowest BCUT2D eigenvalue weighted by atomic mass is 10.0. The van der Waals surface area contributed by atoms with E-state index in [1.165, 1.54) is 25.3 Å². The Hall–Kier alpha value is -3.66. The standard InChI is InChI=1S/C22H19BrN2O7/c1-11-4-5-14(6-12(11)2)25-21(29)15(20(28)24-22(25)30)7-13-8-17(31-3)18(9-16(13)23)32-10-19(26)27/h4-9H,10H2,1-3H3,(H,26,27)(H,24,28,30)/b15-7+. The number of urea groups is 1. The number of carbonyl (C=O) groups excluding carboxylic acids is 3. The van der Waals surface area contributed by atoms with Gasteiger partial charge < -0.3 is 14.6 Å². The van der Waals surface area contributed by atoms with E-state index in [9.17, 15) is 19.2 Å². The molecule has 2 N–H and O–H groups in total. The van der Waals surface area contributed by atoms with E-state index in [4.69, 9.17) is 14.6 Å². The van der Waals surface area contributed by atoms with Crippen LogP contribution in [0.4, 0.5) is 10.5 Å². The molecule has 0 unspecified atom stereocenters. The summed E-state index contributed by atoms with van der Waals surface area (Å²) in [6.45, 7) is 3.18. The second-order valence-corrected chi connectivity index (χ2v) is 7.79. The zero-order valence-corrected chi connectivity index (χ0v) is 19.0. The number of anilines is 1. The van der Waals surface area contributed by atoms with Crippen LogP contribution in [0.5, 0.6) is 11.5 Å². The molecular weight excluding hydrogens is 484 g/mol. The van der Waals surface area contributed by atoms with E-state index in [2.05, 4.69) is 21.2 Å². The van der Waals surface area contributed by atoms with Gasteiger partial charge in [-0.15, -0.1) is 0 Å². The van der Waals surface area contributed by atoms with E-state index in [-0.39, 0.29) is 17.1 Å². The summed E-state index contributed by atoms with van der Waals surface area (Å²) in [6.07, 6.45) is 1.31. The number of benzene rings is 2. The fraction of sp³-hybridized carbons (Fsp3) is 0.182. The van der Waals surface area contributed by atoms with Crippen LogP contribution in [0.2, 0.25) is 0 Å². The third kappa shape index (κ3) is 4.65. The Bertz CT molecular complexity index is 1170. The summed E-state index contributed by atoms with van der Waals surface area (Å²) in [7, 11) is 1.37. The van der Waals surface area contributed by atoms with Crippen molar-refractivity contribution in [3.05, 3.63) is 57.1 Å². The molecule has 0 atom stereocenters. The highest BCUT2D eigenvalue weighted by molar-refractivity contribution is 9.10. The lowest BCUT2D eigenvalue weighted by Crippen LogP contribution is -2.54. The molecule has 32 heavy (non-hydrogen) atoms. The largest absolute Gasteiger partial charge is 0.493 e. The van der Waals surface area contributed by atoms with Crippen LogP contribution < -0.4 is 19.7 Å². The molecule has 166 valence electrons. The van der Waals surface area contributed by atoms with Crippen LogP contribution in [0.25, 0.3) is 6.08 Å². The first-order valence-electron chi connectivity index (χ1n) is 9.33. The molecule has 3 rings (SSSR count). The number of hydrogen-bond donors (Lipinski definition) is 2. The van der Waals surface area contributed by atoms with E-state index < -0.39 is 30.4 Å². The third-order valence-electron chi connectivity index (χ3n) is 4.78. The maximum Gasteiger partial charge on any atom is 0.341 e. The maximum absolute atomic E-state index is 13.1. The number of nitrogens with zero attached hydrogens (tertiary/aromatic N) is 1. The zero-order valence-electron chi connectivity index (χ0n) is 17.4. The summed E-state index contributed by atoms with van der Waals surface area (Å²) in [4.78, 5) is 49.6. The summed E-state index contributed by atoms with van der Waals surface area (Å²) in [6, 6.07) is 7.20. The number of aryl methyl sites for hydroxylation is 2. The quantitative estimate of drug-likeness (QED) is 0.459. The van der Waals surface area contributed by atoms with Gasteiger partial charge in [-0.1, -0.05) is 22.0 Å². The van der Waals surface area contributed by atoms with Crippen molar-refractivity contribution in [3.8, 4) is 11.5 Å². The minimum Gasteiger partial charge on any atom is -0.493 e. The first-order valence-corrected chi connectivity index (χ1v) is 10.1. The number of ether oxygens (including phenoxy) is 2. The molecule has 0 radical (unpaired) electrons. The lowest BCUT2D eigenvalue weighted by molar-refractivity contribution is -0.139. The monoisotopic (exact) mass is 502 g/mol. The minimum atomic E-state index is -1.16. The van der Waals surface area contributed by atoms with E-state index in [0.717, 1.165) is 16.0 Å². The maximum atomic E-state index is 13.1. The number of rotatable bonds is 6. The predicted octanol–water partition coefficient (Wildman–Crippen LogP) is 3.20. The van der Waals surface area contributed by atoms with Crippen LogP contribution in [-0.2, 0) is 14.4 Å². The van der Waals surface area contributed by atoms with Gasteiger partial charge in [0.15, 0.2) is 18.1 Å². The molecule has 0 saturated carbocycles. The van der Waals surface area contributed by atoms with Crippen molar-refractivity contribution in [2.75, 3.05) is 18.6 Å². The summed E-state index contributed by atoms with van der Waals surface area (Å²) >= 11 is 3.32. The van der Waals surface area contributed by atoms with Crippen LogP contribution >= 0.6 is 15.9 Å². The highest BCUT2D eigenvalue weighted by atomic mass is 79.9. The number of methoxy groups -OCH3 is 1. The van der Waals surface area contributed by atoms with E-state index in [1.54, 1.807) is 18.2 Å². The van der Waals surface area contributed by atoms with Crippen LogP contribution in [0, 0.1) is 13.8 Å². The van der Waals surface area contributed by atoms with Crippen molar-refractivity contribution in [2.45, 2.75) is 13.8 Å². The number of carboxylic acid groups (broad SMARTS) is 1. The molecule has 1 fully saturated rings. The molecule has 9 nitrogen and oxygen atoms in total. The Morgan fingerprint density at radius 2 is 1.84 bits per heavy atom.